The lowest BCUT2D eigenvalue weighted by Crippen LogP contribution is -2.23. The molecule has 0 saturated carbocycles. The van der Waals surface area contributed by atoms with Crippen LogP contribution in [0.25, 0.3) is 0 Å². The van der Waals surface area contributed by atoms with E-state index in [0.717, 1.165) is 16.9 Å². The number of anilines is 1. The number of aromatic nitrogens is 2. The Kier molecular flexibility index (Phi) is 4.34. The van der Waals surface area contributed by atoms with Crippen LogP contribution in [-0.2, 0) is 0 Å². The van der Waals surface area contributed by atoms with Crippen molar-refractivity contribution in [3.8, 4) is 5.75 Å². The lowest BCUT2D eigenvalue weighted by atomic mass is 10.2. The maximum absolute atomic E-state index is 5.87. The number of hydrogen-bond acceptors (Lipinski definition) is 4. The minimum Gasteiger partial charge on any atom is -0.489 e. The second-order valence-corrected chi connectivity index (χ2v) is 4.66. The molecule has 1 atom stereocenters. The molecule has 0 fully saturated rings. The minimum atomic E-state index is 0.0472. The summed E-state index contributed by atoms with van der Waals surface area (Å²) in [6.07, 6.45) is 3.63. The minimum absolute atomic E-state index is 0.0472. The quantitative estimate of drug-likeness (QED) is 0.894. The zero-order chi connectivity index (χ0) is 13.7. The summed E-state index contributed by atoms with van der Waals surface area (Å²) in [7, 11) is 0. The van der Waals surface area contributed by atoms with Crippen LogP contribution in [0.5, 0.6) is 5.75 Å². The van der Waals surface area contributed by atoms with E-state index in [1.54, 1.807) is 12.4 Å². The summed E-state index contributed by atoms with van der Waals surface area (Å²) in [5.74, 6) is 1.55. The number of nitrogens with zero attached hydrogens (tertiary/aromatic N) is 2. The molecule has 0 radical (unpaired) electrons. The molecule has 0 bridgehead atoms. The van der Waals surface area contributed by atoms with Gasteiger partial charge in [0.1, 0.15) is 11.9 Å². The van der Waals surface area contributed by atoms with Crippen LogP contribution in [0.2, 0.25) is 0 Å². The average Bonchev–Trinajstić information content (AvgIpc) is 2.41. The molecule has 1 aromatic heterocycles. The van der Waals surface area contributed by atoms with E-state index in [4.69, 9.17) is 4.74 Å². The second kappa shape index (κ2) is 6.18. The van der Waals surface area contributed by atoms with Crippen LogP contribution >= 0.6 is 0 Å². The van der Waals surface area contributed by atoms with E-state index in [0.29, 0.717) is 12.5 Å². The number of aryl methyl sites for hydroxylation is 2. The van der Waals surface area contributed by atoms with Gasteiger partial charge in [-0.3, -0.25) is 0 Å². The van der Waals surface area contributed by atoms with Crippen LogP contribution in [0.1, 0.15) is 18.1 Å². The summed E-state index contributed by atoms with van der Waals surface area (Å²) < 4.78 is 5.87. The first kappa shape index (κ1) is 13.3. The van der Waals surface area contributed by atoms with Crippen molar-refractivity contribution in [2.45, 2.75) is 26.9 Å². The third-order valence-corrected chi connectivity index (χ3v) is 2.75. The molecule has 2 aromatic rings. The summed E-state index contributed by atoms with van der Waals surface area (Å²) >= 11 is 0. The molecule has 1 N–H and O–H groups in total. The second-order valence-electron chi connectivity index (χ2n) is 4.66. The van der Waals surface area contributed by atoms with Gasteiger partial charge >= 0.3 is 0 Å². The summed E-state index contributed by atoms with van der Waals surface area (Å²) in [5.41, 5.74) is 2.19. The fourth-order valence-electron chi connectivity index (χ4n) is 1.67. The molecule has 1 aromatic carbocycles. The first-order valence-corrected chi connectivity index (χ1v) is 6.40. The average molecular weight is 257 g/mol. The highest BCUT2D eigenvalue weighted by Crippen LogP contribution is 2.17. The third-order valence-electron chi connectivity index (χ3n) is 2.75. The van der Waals surface area contributed by atoms with E-state index < -0.39 is 0 Å². The largest absolute Gasteiger partial charge is 0.489 e. The van der Waals surface area contributed by atoms with Gasteiger partial charge < -0.3 is 10.1 Å². The highest BCUT2D eigenvalue weighted by atomic mass is 16.5. The van der Waals surface area contributed by atoms with Crippen molar-refractivity contribution in [3.05, 3.63) is 47.8 Å². The number of hydrogen-bond donors (Lipinski definition) is 1. The molecule has 0 aliphatic heterocycles. The molecule has 0 saturated heterocycles. The summed E-state index contributed by atoms with van der Waals surface area (Å²) in [6, 6.07) is 8.00. The Morgan fingerprint density at radius 2 is 1.84 bits per heavy atom. The molecule has 0 aliphatic rings. The van der Waals surface area contributed by atoms with Gasteiger partial charge in [-0.15, -0.1) is 0 Å². The van der Waals surface area contributed by atoms with Crippen LogP contribution in [0.4, 0.5) is 5.95 Å². The maximum atomic E-state index is 5.87. The molecule has 1 unspecified atom stereocenters. The summed E-state index contributed by atoms with van der Waals surface area (Å²) in [4.78, 5) is 8.39. The number of nitrogens with one attached hydrogen (secondary N) is 1. The highest BCUT2D eigenvalue weighted by Gasteiger charge is 2.06. The molecule has 4 nitrogen and oxygen atoms in total. The molecule has 0 aliphatic carbocycles. The molecule has 4 heteroatoms. The van der Waals surface area contributed by atoms with Crippen molar-refractivity contribution in [3.63, 3.8) is 0 Å². The van der Waals surface area contributed by atoms with Gasteiger partial charge in [-0.25, -0.2) is 9.97 Å². The normalized spacial score (nSPS) is 11.9. The monoisotopic (exact) mass is 257 g/mol. The van der Waals surface area contributed by atoms with E-state index >= 15 is 0 Å². The van der Waals surface area contributed by atoms with Gasteiger partial charge in [-0.05, 0) is 38.0 Å². The number of ether oxygens (including phenoxy) is 1. The van der Waals surface area contributed by atoms with Gasteiger partial charge in [0.2, 0.25) is 5.95 Å². The maximum Gasteiger partial charge on any atom is 0.222 e. The van der Waals surface area contributed by atoms with Gasteiger partial charge in [0.05, 0.1) is 6.54 Å². The Morgan fingerprint density at radius 1 is 1.16 bits per heavy atom. The molecule has 0 amide bonds. The third kappa shape index (κ3) is 3.95. The standard InChI is InChI=1S/C15H19N3O/c1-11-8-16-15(17-9-11)18-10-13(3)19-14-7-5-4-6-12(14)2/h4-9,13H,10H2,1-3H3,(H,16,17,18). The Labute approximate surface area is 113 Å². The Morgan fingerprint density at radius 3 is 2.53 bits per heavy atom. The van der Waals surface area contributed by atoms with E-state index in [1.165, 1.54) is 0 Å². The van der Waals surface area contributed by atoms with E-state index in [9.17, 15) is 0 Å². The Bertz CT molecular complexity index is 525. The van der Waals surface area contributed by atoms with Gasteiger partial charge in [0.15, 0.2) is 0 Å². The van der Waals surface area contributed by atoms with E-state index in [2.05, 4.69) is 15.3 Å². The highest BCUT2D eigenvalue weighted by molar-refractivity contribution is 5.32. The first-order chi connectivity index (χ1) is 9.15. The molecule has 19 heavy (non-hydrogen) atoms. The molecule has 2 rings (SSSR count). The predicted molar refractivity (Wildman–Crippen MR) is 76.5 cm³/mol. The lowest BCUT2D eigenvalue weighted by molar-refractivity contribution is 0.233. The fraction of sp³-hybridized carbons (Fsp3) is 0.333. The number of para-hydroxylation sites is 1. The van der Waals surface area contributed by atoms with Crippen molar-refractivity contribution in [2.75, 3.05) is 11.9 Å². The van der Waals surface area contributed by atoms with Crippen molar-refractivity contribution in [1.29, 1.82) is 0 Å². The van der Waals surface area contributed by atoms with Gasteiger partial charge in [0.25, 0.3) is 0 Å². The number of benzene rings is 1. The van der Waals surface area contributed by atoms with E-state index in [-0.39, 0.29) is 6.10 Å². The molecular weight excluding hydrogens is 238 g/mol. The topological polar surface area (TPSA) is 47.0 Å². The zero-order valence-corrected chi connectivity index (χ0v) is 11.6. The van der Waals surface area contributed by atoms with Crippen molar-refractivity contribution >= 4 is 5.95 Å². The predicted octanol–water partition coefficient (Wildman–Crippen LogP) is 2.97. The summed E-state index contributed by atoms with van der Waals surface area (Å²) in [6.45, 7) is 6.69. The smallest absolute Gasteiger partial charge is 0.222 e. The summed E-state index contributed by atoms with van der Waals surface area (Å²) in [5, 5.41) is 3.16. The van der Waals surface area contributed by atoms with Crippen LogP contribution in [0.3, 0.4) is 0 Å². The zero-order valence-electron chi connectivity index (χ0n) is 11.6. The molecule has 100 valence electrons. The SMILES string of the molecule is Cc1cnc(NCC(C)Oc2ccccc2C)nc1. The Hall–Kier alpha value is -2.10. The van der Waals surface area contributed by atoms with Crippen molar-refractivity contribution in [2.24, 2.45) is 0 Å². The molecular formula is C15H19N3O. The van der Waals surface area contributed by atoms with E-state index in [1.807, 2.05) is 45.0 Å². The fourth-order valence-corrected chi connectivity index (χ4v) is 1.67. The van der Waals surface area contributed by atoms with Gasteiger partial charge in [-0.1, -0.05) is 18.2 Å². The van der Waals surface area contributed by atoms with Crippen LogP contribution in [0, 0.1) is 13.8 Å². The van der Waals surface area contributed by atoms with Crippen molar-refractivity contribution in [1.82, 2.24) is 9.97 Å². The van der Waals surface area contributed by atoms with Gasteiger partial charge in [-0.2, -0.15) is 0 Å². The Balaban J connectivity index is 1.86. The van der Waals surface area contributed by atoms with Crippen LogP contribution in [-0.4, -0.2) is 22.6 Å². The molecule has 1 heterocycles. The molecule has 0 spiro atoms. The van der Waals surface area contributed by atoms with Gasteiger partial charge in [0, 0.05) is 12.4 Å². The van der Waals surface area contributed by atoms with Crippen LogP contribution < -0.4 is 10.1 Å². The first-order valence-electron chi connectivity index (χ1n) is 6.40. The van der Waals surface area contributed by atoms with Crippen LogP contribution in [0.15, 0.2) is 36.7 Å². The lowest BCUT2D eigenvalue weighted by Gasteiger charge is -2.16. The van der Waals surface area contributed by atoms with Crippen molar-refractivity contribution < 1.29 is 4.74 Å². The number of rotatable bonds is 5.